The number of hydrogen-bond donors (Lipinski definition) is 1. The van der Waals surface area contributed by atoms with Crippen molar-refractivity contribution in [2.75, 3.05) is 0 Å². The van der Waals surface area contributed by atoms with Crippen LogP contribution in [-0.2, 0) is 11.2 Å². The molecule has 0 bridgehead atoms. The van der Waals surface area contributed by atoms with E-state index >= 15 is 0 Å². The van der Waals surface area contributed by atoms with Crippen LogP contribution in [0.15, 0.2) is 16.6 Å². The van der Waals surface area contributed by atoms with E-state index in [9.17, 15) is 4.79 Å². The number of halogens is 2. The van der Waals surface area contributed by atoms with E-state index in [-0.39, 0.29) is 6.42 Å². The summed E-state index contributed by atoms with van der Waals surface area (Å²) in [6, 6.07) is 3.23. The second kappa shape index (κ2) is 3.87. The number of rotatable bonds is 2. The second-order valence-electron chi connectivity index (χ2n) is 2.17. The lowest BCUT2D eigenvalue weighted by molar-refractivity contribution is -0.136. The average molecular weight is 250 g/mol. The third-order valence-corrected chi connectivity index (χ3v) is 1.80. The topological polar surface area (TPSA) is 50.2 Å². The predicted octanol–water partition coefficient (Wildman–Crippen LogP) is 2.12. The summed E-state index contributed by atoms with van der Waals surface area (Å²) in [5, 5.41) is 8.74. The molecular formula is C7H5BrClNO2. The molecule has 0 aliphatic heterocycles. The van der Waals surface area contributed by atoms with Crippen molar-refractivity contribution in [1.29, 1.82) is 0 Å². The molecule has 12 heavy (non-hydrogen) atoms. The maximum atomic E-state index is 10.3. The Labute approximate surface area is 82.5 Å². The zero-order valence-corrected chi connectivity index (χ0v) is 8.26. The average Bonchev–Trinajstić information content (AvgIpc) is 1.81. The highest BCUT2D eigenvalue weighted by Crippen LogP contribution is 2.16. The monoisotopic (exact) mass is 249 g/mol. The Bertz CT molecular complexity index is 296. The highest BCUT2D eigenvalue weighted by molar-refractivity contribution is 9.10. The Balaban J connectivity index is 2.93. The molecule has 0 unspecified atom stereocenters. The molecule has 0 amide bonds. The van der Waals surface area contributed by atoms with Crippen LogP contribution in [0.2, 0.25) is 5.15 Å². The maximum Gasteiger partial charge on any atom is 0.309 e. The zero-order chi connectivity index (χ0) is 9.14. The van der Waals surface area contributed by atoms with Crippen molar-refractivity contribution in [3.63, 3.8) is 0 Å². The van der Waals surface area contributed by atoms with Crippen LogP contribution >= 0.6 is 27.5 Å². The summed E-state index contributed by atoms with van der Waals surface area (Å²) in [4.78, 5) is 14.1. The van der Waals surface area contributed by atoms with Gasteiger partial charge in [0.05, 0.1) is 12.1 Å². The van der Waals surface area contributed by atoms with Crippen LogP contribution in [0.4, 0.5) is 0 Å². The first-order valence-corrected chi connectivity index (χ1v) is 4.29. The second-order valence-corrected chi connectivity index (χ2v) is 3.47. The Morgan fingerprint density at radius 3 is 2.83 bits per heavy atom. The van der Waals surface area contributed by atoms with Crippen molar-refractivity contribution >= 4 is 33.5 Å². The van der Waals surface area contributed by atoms with Crippen molar-refractivity contribution in [2.24, 2.45) is 0 Å². The van der Waals surface area contributed by atoms with E-state index in [1.165, 1.54) is 0 Å². The first-order valence-electron chi connectivity index (χ1n) is 3.11. The van der Waals surface area contributed by atoms with Crippen molar-refractivity contribution in [3.05, 3.63) is 27.5 Å². The minimum Gasteiger partial charge on any atom is -0.481 e. The van der Waals surface area contributed by atoms with E-state index in [0.29, 0.717) is 10.8 Å². The van der Waals surface area contributed by atoms with Crippen LogP contribution in [0.5, 0.6) is 0 Å². The van der Waals surface area contributed by atoms with Gasteiger partial charge in [0.25, 0.3) is 0 Å². The number of carboxylic acid groups (broad SMARTS) is 1. The van der Waals surface area contributed by atoms with Gasteiger partial charge in [-0.15, -0.1) is 0 Å². The summed E-state index contributed by atoms with van der Waals surface area (Å²) in [6.07, 6.45) is -0.112. The van der Waals surface area contributed by atoms with Crippen molar-refractivity contribution in [2.45, 2.75) is 6.42 Å². The molecule has 5 heteroatoms. The fraction of sp³-hybridized carbons (Fsp3) is 0.143. The summed E-state index contributed by atoms with van der Waals surface area (Å²) in [5.41, 5.74) is 0.446. The minimum atomic E-state index is -0.920. The largest absolute Gasteiger partial charge is 0.481 e. The zero-order valence-electron chi connectivity index (χ0n) is 5.92. The molecule has 0 atom stereocenters. The van der Waals surface area contributed by atoms with Crippen molar-refractivity contribution < 1.29 is 9.90 Å². The normalized spacial score (nSPS) is 9.83. The van der Waals surface area contributed by atoms with Crippen LogP contribution in [0, 0.1) is 0 Å². The molecule has 1 aromatic heterocycles. The Morgan fingerprint density at radius 2 is 2.33 bits per heavy atom. The molecule has 64 valence electrons. The van der Waals surface area contributed by atoms with E-state index in [0.717, 1.165) is 4.47 Å². The third-order valence-electron chi connectivity index (χ3n) is 1.14. The number of aromatic nitrogens is 1. The van der Waals surface area contributed by atoms with E-state index in [4.69, 9.17) is 16.7 Å². The van der Waals surface area contributed by atoms with Crippen molar-refractivity contribution in [1.82, 2.24) is 4.98 Å². The van der Waals surface area contributed by atoms with Gasteiger partial charge >= 0.3 is 5.97 Å². The molecule has 1 aromatic rings. The third kappa shape index (κ3) is 2.79. The molecule has 1 rings (SSSR count). The number of carboxylic acids is 1. The summed E-state index contributed by atoms with van der Waals surface area (Å²) in [7, 11) is 0. The molecule has 0 saturated heterocycles. The van der Waals surface area contributed by atoms with Gasteiger partial charge in [0.2, 0.25) is 0 Å². The van der Waals surface area contributed by atoms with Gasteiger partial charge in [-0.2, -0.15) is 0 Å². The van der Waals surface area contributed by atoms with E-state index < -0.39 is 5.97 Å². The fourth-order valence-electron chi connectivity index (χ4n) is 0.762. The van der Waals surface area contributed by atoms with E-state index in [1.807, 2.05) is 0 Å². The standard InChI is InChI=1S/C7H5BrClNO2/c8-4-1-5(3-7(11)12)10-6(9)2-4/h1-2H,3H2,(H,11,12). The van der Waals surface area contributed by atoms with Gasteiger partial charge in [0.15, 0.2) is 0 Å². The number of nitrogens with zero attached hydrogens (tertiary/aromatic N) is 1. The summed E-state index contributed by atoms with van der Waals surface area (Å²) in [5.74, 6) is -0.920. The molecule has 0 radical (unpaired) electrons. The molecular weight excluding hydrogens is 245 g/mol. The molecule has 3 nitrogen and oxygen atoms in total. The Kier molecular flexibility index (Phi) is 3.05. The van der Waals surface area contributed by atoms with Crippen LogP contribution in [0.3, 0.4) is 0 Å². The molecule has 1 heterocycles. The molecule has 0 aromatic carbocycles. The van der Waals surface area contributed by atoms with Gasteiger partial charge in [-0.25, -0.2) is 4.98 Å². The van der Waals surface area contributed by atoms with Gasteiger partial charge in [-0.05, 0) is 12.1 Å². The van der Waals surface area contributed by atoms with Crippen LogP contribution in [0.25, 0.3) is 0 Å². The predicted molar refractivity (Wildman–Crippen MR) is 48.3 cm³/mol. The van der Waals surface area contributed by atoms with Crippen LogP contribution in [0.1, 0.15) is 5.69 Å². The number of hydrogen-bond acceptors (Lipinski definition) is 2. The molecule has 1 N–H and O–H groups in total. The highest BCUT2D eigenvalue weighted by atomic mass is 79.9. The van der Waals surface area contributed by atoms with Gasteiger partial charge < -0.3 is 5.11 Å². The molecule has 0 aliphatic carbocycles. The fourth-order valence-corrected chi connectivity index (χ4v) is 1.60. The van der Waals surface area contributed by atoms with Gasteiger partial charge in [0.1, 0.15) is 5.15 Å². The quantitative estimate of drug-likeness (QED) is 0.818. The van der Waals surface area contributed by atoms with Crippen molar-refractivity contribution in [3.8, 4) is 0 Å². The van der Waals surface area contributed by atoms with E-state index in [1.54, 1.807) is 12.1 Å². The summed E-state index contributed by atoms with van der Waals surface area (Å²) >= 11 is 8.79. The highest BCUT2D eigenvalue weighted by Gasteiger charge is 2.03. The first-order chi connectivity index (χ1) is 5.58. The number of aliphatic carboxylic acids is 1. The maximum absolute atomic E-state index is 10.3. The summed E-state index contributed by atoms with van der Waals surface area (Å²) < 4.78 is 0.735. The summed E-state index contributed by atoms with van der Waals surface area (Å²) in [6.45, 7) is 0. The Morgan fingerprint density at radius 1 is 1.67 bits per heavy atom. The van der Waals surface area contributed by atoms with Gasteiger partial charge in [-0.1, -0.05) is 27.5 Å². The van der Waals surface area contributed by atoms with E-state index in [2.05, 4.69) is 20.9 Å². The molecule has 0 spiro atoms. The lowest BCUT2D eigenvalue weighted by Gasteiger charge is -1.97. The number of carbonyl (C=O) groups is 1. The smallest absolute Gasteiger partial charge is 0.309 e. The molecule has 0 saturated carbocycles. The lowest BCUT2D eigenvalue weighted by atomic mass is 10.3. The Hall–Kier alpha value is -0.610. The first kappa shape index (κ1) is 9.48. The minimum absolute atomic E-state index is 0.112. The molecule has 0 aliphatic rings. The molecule has 0 fully saturated rings. The van der Waals surface area contributed by atoms with Crippen LogP contribution < -0.4 is 0 Å². The van der Waals surface area contributed by atoms with Gasteiger partial charge in [0, 0.05) is 4.47 Å². The SMILES string of the molecule is O=C(O)Cc1cc(Br)cc(Cl)n1. The van der Waals surface area contributed by atoms with Gasteiger partial charge in [-0.3, -0.25) is 4.79 Å². The number of pyridine rings is 1. The van der Waals surface area contributed by atoms with Crippen LogP contribution in [-0.4, -0.2) is 16.1 Å². The lowest BCUT2D eigenvalue weighted by Crippen LogP contribution is -2.02.